The molecule has 0 saturated carbocycles. The Hall–Kier alpha value is -3.25. The topological polar surface area (TPSA) is 58.6 Å². The number of hydrogen-bond acceptors (Lipinski definition) is 4. The molecule has 0 aliphatic carbocycles. The quantitative estimate of drug-likeness (QED) is 0.598. The number of carbonyl (C=O) groups excluding carboxylic acids is 2. The Kier molecular flexibility index (Phi) is 5.03. The van der Waals surface area contributed by atoms with Crippen molar-refractivity contribution in [3.63, 3.8) is 0 Å². The highest BCUT2D eigenvalue weighted by molar-refractivity contribution is 7.98. The van der Waals surface area contributed by atoms with Crippen LogP contribution in [0.15, 0.2) is 65.6 Å². The Morgan fingerprint density at radius 1 is 1.03 bits per heavy atom. The number of anilines is 2. The van der Waals surface area contributed by atoms with E-state index in [9.17, 15) is 9.59 Å². The first-order chi connectivity index (χ1) is 14.0. The molecular weight excluding hydrogens is 384 g/mol. The first-order valence-corrected chi connectivity index (χ1v) is 10.4. The van der Waals surface area contributed by atoms with Crippen LogP contribution in [0.2, 0.25) is 0 Å². The van der Waals surface area contributed by atoms with Crippen LogP contribution in [0.25, 0.3) is 0 Å². The highest BCUT2D eigenvalue weighted by atomic mass is 32.2. The van der Waals surface area contributed by atoms with Crippen LogP contribution in [0.3, 0.4) is 0 Å². The molecule has 0 saturated heterocycles. The molecule has 0 spiro atoms. The molecule has 3 aromatic carbocycles. The SMILES string of the molecule is CSc1ccccc1C(=O)Nc1ccc2c(c1)C(=O)N(C)c1cc(C)ccc1O2. The number of hydrogen-bond donors (Lipinski definition) is 1. The standard InChI is InChI=1S/C23H20N2O3S/c1-14-8-10-20-18(12-14)25(2)23(27)17-13-15(9-11-19(17)28-20)24-22(26)16-6-4-5-7-21(16)29-3/h4-13H,1-3H3,(H,24,26). The number of thioether (sulfide) groups is 1. The van der Waals surface area contributed by atoms with Gasteiger partial charge < -0.3 is 15.0 Å². The lowest BCUT2D eigenvalue weighted by molar-refractivity contribution is 0.0989. The fourth-order valence-electron chi connectivity index (χ4n) is 3.28. The van der Waals surface area contributed by atoms with E-state index in [1.807, 2.05) is 49.6 Å². The van der Waals surface area contributed by atoms with Crippen LogP contribution >= 0.6 is 11.8 Å². The number of amides is 2. The number of nitrogens with zero attached hydrogens (tertiary/aromatic N) is 1. The fraction of sp³-hybridized carbons (Fsp3) is 0.130. The van der Waals surface area contributed by atoms with Gasteiger partial charge in [0.2, 0.25) is 0 Å². The molecule has 1 aliphatic heterocycles. The van der Waals surface area contributed by atoms with Gasteiger partial charge in [0, 0.05) is 17.6 Å². The maximum absolute atomic E-state index is 13.0. The first kappa shape index (κ1) is 19.1. The summed E-state index contributed by atoms with van der Waals surface area (Å²) >= 11 is 1.51. The summed E-state index contributed by atoms with van der Waals surface area (Å²) in [6.07, 6.45) is 1.93. The molecule has 0 unspecified atom stereocenters. The maximum atomic E-state index is 13.0. The van der Waals surface area contributed by atoms with Crippen LogP contribution < -0.4 is 15.0 Å². The van der Waals surface area contributed by atoms with E-state index >= 15 is 0 Å². The van der Waals surface area contributed by atoms with E-state index in [1.165, 1.54) is 11.8 Å². The summed E-state index contributed by atoms with van der Waals surface area (Å²) in [6, 6.07) is 18.3. The van der Waals surface area contributed by atoms with E-state index in [4.69, 9.17) is 4.74 Å². The summed E-state index contributed by atoms with van der Waals surface area (Å²) in [5.74, 6) is 0.678. The third-order valence-electron chi connectivity index (χ3n) is 4.82. The third-order valence-corrected chi connectivity index (χ3v) is 5.62. The van der Waals surface area contributed by atoms with Crippen molar-refractivity contribution >= 4 is 35.0 Å². The zero-order chi connectivity index (χ0) is 20.5. The molecule has 6 heteroatoms. The van der Waals surface area contributed by atoms with Crippen LogP contribution in [0.1, 0.15) is 26.3 Å². The molecule has 0 fully saturated rings. The molecule has 1 N–H and O–H groups in total. The van der Waals surface area contributed by atoms with Crippen molar-refractivity contribution in [3.05, 3.63) is 77.4 Å². The normalized spacial score (nSPS) is 12.5. The van der Waals surface area contributed by atoms with E-state index < -0.39 is 0 Å². The predicted octanol–water partition coefficient (Wildman–Crippen LogP) is 5.35. The minimum Gasteiger partial charge on any atom is -0.454 e. The van der Waals surface area contributed by atoms with Gasteiger partial charge in [0.05, 0.1) is 16.8 Å². The van der Waals surface area contributed by atoms with Gasteiger partial charge in [-0.3, -0.25) is 9.59 Å². The Labute approximate surface area is 173 Å². The number of fused-ring (bicyclic) bond motifs is 2. The summed E-state index contributed by atoms with van der Waals surface area (Å²) in [4.78, 5) is 28.3. The average Bonchev–Trinajstić information content (AvgIpc) is 2.83. The smallest absolute Gasteiger partial charge is 0.261 e. The van der Waals surface area contributed by atoms with Gasteiger partial charge in [-0.15, -0.1) is 11.8 Å². The molecule has 3 aromatic rings. The van der Waals surface area contributed by atoms with E-state index in [0.29, 0.717) is 34.0 Å². The first-order valence-electron chi connectivity index (χ1n) is 9.13. The fourth-order valence-corrected chi connectivity index (χ4v) is 3.87. The van der Waals surface area contributed by atoms with Crippen molar-refractivity contribution in [2.24, 2.45) is 0 Å². The summed E-state index contributed by atoms with van der Waals surface area (Å²) in [5, 5.41) is 2.89. The summed E-state index contributed by atoms with van der Waals surface area (Å²) < 4.78 is 6.00. The van der Waals surface area contributed by atoms with E-state index in [1.54, 1.807) is 36.2 Å². The maximum Gasteiger partial charge on any atom is 0.261 e. The zero-order valence-corrected chi connectivity index (χ0v) is 17.2. The van der Waals surface area contributed by atoms with Crippen molar-refractivity contribution in [3.8, 4) is 11.5 Å². The number of ether oxygens (including phenoxy) is 1. The monoisotopic (exact) mass is 404 g/mol. The minimum atomic E-state index is -0.218. The average molecular weight is 404 g/mol. The lowest BCUT2D eigenvalue weighted by atomic mass is 10.1. The van der Waals surface area contributed by atoms with E-state index in [2.05, 4.69) is 5.32 Å². The predicted molar refractivity (Wildman–Crippen MR) is 117 cm³/mol. The second kappa shape index (κ2) is 7.64. The molecular formula is C23H20N2O3S. The van der Waals surface area contributed by atoms with Crippen molar-refractivity contribution in [2.45, 2.75) is 11.8 Å². The van der Waals surface area contributed by atoms with Gasteiger partial charge in [-0.2, -0.15) is 0 Å². The molecule has 0 aromatic heterocycles. The summed E-state index contributed by atoms with van der Waals surface area (Å²) in [7, 11) is 1.72. The van der Waals surface area contributed by atoms with Gasteiger partial charge >= 0.3 is 0 Å². The molecule has 0 radical (unpaired) electrons. The van der Waals surface area contributed by atoms with Crippen molar-refractivity contribution in [1.82, 2.24) is 0 Å². The molecule has 1 heterocycles. The number of rotatable bonds is 3. The number of benzene rings is 3. The number of aryl methyl sites for hydroxylation is 1. The Bertz CT molecular complexity index is 1130. The number of nitrogens with one attached hydrogen (secondary N) is 1. The van der Waals surface area contributed by atoms with Gasteiger partial charge in [-0.25, -0.2) is 0 Å². The van der Waals surface area contributed by atoms with Crippen LogP contribution in [-0.2, 0) is 0 Å². The molecule has 146 valence electrons. The van der Waals surface area contributed by atoms with Crippen LogP contribution in [0.4, 0.5) is 11.4 Å². The second-order valence-electron chi connectivity index (χ2n) is 6.80. The molecule has 29 heavy (non-hydrogen) atoms. The molecule has 5 nitrogen and oxygen atoms in total. The minimum absolute atomic E-state index is 0.190. The van der Waals surface area contributed by atoms with Gasteiger partial charge in [-0.05, 0) is 61.2 Å². The van der Waals surface area contributed by atoms with E-state index in [-0.39, 0.29) is 11.8 Å². The molecule has 0 bridgehead atoms. The zero-order valence-electron chi connectivity index (χ0n) is 16.4. The van der Waals surface area contributed by atoms with Gasteiger partial charge in [-0.1, -0.05) is 18.2 Å². The Balaban J connectivity index is 1.67. The van der Waals surface area contributed by atoms with Crippen molar-refractivity contribution in [2.75, 3.05) is 23.5 Å². The van der Waals surface area contributed by atoms with E-state index in [0.717, 1.165) is 10.5 Å². The van der Waals surface area contributed by atoms with Crippen molar-refractivity contribution in [1.29, 1.82) is 0 Å². The lowest BCUT2D eigenvalue weighted by Gasteiger charge is -2.17. The van der Waals surface area contributed by atoms with Crippen LogP contribution in [-0.4, -0.2) is 25.1 Å². The summed E-state index contributed by atoms with van der Waals surface area (Å²) in [6.45, 7) is 1.97. The highest BCUT2D eigenvalue weighted by Gasteiger charge is 2.26. The number of carbonyl (C=O) groups is 2. The van der Waals surface area contributed by atoms with Crippen LogP contribution in [0.5, 0.6) is 11.5 Å². The molecule has 1 aliphatic rings. The molecule has 0 atom stereocenters. The third kappa shape index (κ3) is 3.59. The van der Waals surface area contributed by atoms with Crippen LogP contribution in [0, 0.1) is 6.92 Å². The van der Waals surface area contributed by atoms with Crippen molar-refractivity contribution < 1.29 is 14.3 Å². The van der Waals surface area contributed by atoms with Gasteiger partial charge in [0.1, 0.15) is 5.75 Å². The van der Waals surface area contributed by atoms with Gasteiger partial charge in [0.15, 0.2) is 5.75 Å². The summed E-state index contributed by atoms with van der Waals surface area (Å²) in [5.41, 5.74) is 3.29. The molecule has 4 rings (SSSR count). The molecule has 2 amide bonds. The Morgan fingerprint density at radius 2 is 1.79 bits per heavy atom. The largest absolute Gasteiger partial charge is 0.454 e. The highest BCUT2D eigenvalue weighted by Crippen LogP contribution is 2.39. The Morgan fingerprint density at radius 3 is 2.59 bits per heavy atom. The van der Waals surface area contributed by atoms with Gasteiger partial charge in [0.25, 0.3) is 11.8 Å². The lowest BCUT2D eigenvalue weighted by Crippen LogP contribution is -2.25. The second-order valence-corrected chi connectivity index (χ2v) is 7.65.